The molecule has 1 aliphatic heterocycles. The number of nitrogens with zero attached hydrogens (tertiary/aromatic N) is 2. The quantitative estimate of drug-likeness (QED) is 0.151. The van der Waals surface area contributed by atoms with Gasteiger partial charge < -0.3 is 14.5 Å². The molecule has 0 unspecified atom stereocenters. The molecule has 0 N–H and O–H groups in total. The molecule has 11 aromatic rings. The number of ether oxygens (including phenoxy) is 1. The van der Waals surface area contributed by atoms with Crippen LogP contribution in [0, 0.1) is 0 Å². The van der Waals surface area contributed by atoms with E-state index in [1.165, 1.54) is 55.6 Å². The number of hydrogen-bond acceptors (Lipinski definition) is 3. The van der Waals surface area contributed by atoms with Gasteiger partial charge in [0.15, 0.2) is 0 Å². The number of rotatable bonds is 8. The molecule has 0 fully saturated rings. The fourth-order valence-corrected chi connectivity index (χ4v) is 12.4. The number of fused-ring (bicyclic) bond motifs is 8. The maximum Gasteiger partial charge on any atom is 0.137 e. The summed E-state index contributed by atoms with van der Waals surface area (Å²) in [6, 6.07) is 93.3. The number of anilines is 6. The highest BCUT2D eigenvalue weighted by Crippen LogP contribution is 2.59. The van der Waals surface area contributed by atoms with Crippen molar-refractivity contribution >= 4 is 44.9 Å². The van der Waals surface area contributed by atoms with E-state index in [0.717, 1.165) is 67.5 Å². The summed E-state index contributed by atoms with van der Waals surface area (Å²) in [4.78, 5) is 4.79. The summed E-state index contributed by atoms with van der Waals surface area (Å²) in [5.41, 5.74) is 20.8. The predicted molar refractivity (Wildman–Crippen MR) is 294 cm³/mol. The Morgan fingerprint density at radius 1 is 0.310 bits per heavy atom. The van der Waals surface area contributed by atoms with Gasteiger partial charge in [0, 0.05) is 56.3 Å². The first-order valence-electron chi connectivity index (χ1n) is 24.7. The maximum absolute atomic E-state index is 7.06. The lowest BCUT2D eigenvalue weighted by atomic mass is 9.67. The summed E-state index contributed by atoms with van der Waals surface area (Å²) < 4.78 is 7.06. The second-order valence-electron chi connectivity index (χ2n) is 19.6. The summed E-state index contributed by atoms with van der Waals surface area (Å²) in [6.07, 6.45) is 0. The average Bonchev–Trinajstić information content (AvgIpc) is 3.85. The van der Waals surface area contributed by atoms with Crippen LogP contribution >= 0.6 is 0 Å². The topological polar surface area (TPSA) is 15.7 Å². The molecule has 1 heterocycles. The van der Waals surface area contributed by atoms with Crippen molar-refractivity contribution in [3.63, 3.8) is 0 Å². The lowest BCUT2D eigenvalue weighted by molar-refractivity contribution is 0.487. The Kier molecular flexibility index (Phi) is 9.15. The summed E-state index contributed by atoms with van der Waals surface area (Å²) in [5, 5.41) is 2.22. The van der Waals surface area contributed by atoms with Gasteiger partial charge in [0.05, 0.1) is 11.1 Å². The Morgan fingerprint density at radius 2 is 0.789 bits per heavy atom. The molecule has 0 radical (unpaired) electrons. The van der Waals surface area contributed by atoms with Crippen LogP contribution in [0.15, 0.2) is 255 Å². The molecule has 0 spiro atoms. The molecule has 0 saturated heterocycles. The van der Waals surface area contributed by atoms with E-state index in [1.807, 2.05) is 0 Å². The van der Waals surface area contributed by atoms with Crippen LogP contribution in [-0.2, 0) is 10.8 Å². The Bertz CT molecular complexity index is 3800. The molecule has 11 aromatic carbocycles. The van der Waals surface area contributed by atoms with Crippen molar-refractivity contribution in [3.8, 4) is 44.9 Å². The Morgan fingerprint density at radius 3 is 1.42 bits per heavy atom. The normalized spacial score (nSPS) is 13.8. The van der Waals surface area contributed by atoms with E-state index in [2.05, 4.69) is 278 Å². The van der Waals surface area contributed by atoms with Crippen molar-refractivity contribution in [2.24, 2.45) is 0 Å². The van der Waals surface area contributed by atoms with Crippen LogP contribution in [-0.4, -0.2) is 0 Å². The first-order chi connectivity index (χ1) is 35.0. The second kappa shape index (κ2) is 15.8. The van der Waals surface area contributed by atoms with Crippen molar-refractivity contribution in [2.45, 2.75) is 24.7 Å². The third kappa shape index (κ3) is 6.09. The Labute approximate surface area is 415 Å². The molecule has 3 heteroatoms. The van der Waals surface area contributed by atoms with Crippen molar-refractivity contribution in [2.75, 3.05) is 9.80 Å². The lowest BCUT2D eigenvalue weighted by Crippen LogP contribution is -2.28. The zero-order valence-electron chi connectivity index (χ0n) is 39.6. The van der Waals surface area contributed by atoms with Crippen molar-refractivity contribution in [1.29, 1.82) is 0 Å². The molecular weight excluding hydrogens is 861 g/mol. The van der Waals surface area contributed by atoms with Gasteiger partial charge in [0.2, 0.25) is 0 Å². The van der Waals surface area contributed by atoms with E-state index in [4.69, 9.17) is 4.74 Å². The molecule has 0 atom stereocenters. The fourth-order valence-electron chi connectivity index (χ4n) is 12.4. The highest BCUT2D eigenvalue weighted by Gasteiger charge is 2.46. The average molecular weight is 909 g/mol. The largest absolute Gasteiger partial charge is 0.456 e. The molecule has 0 aromatic heterocycles. The third-order valence-corrected chi connectivity index (χ3v) is 15.5. The Balaban J connectivity index is 0.984. The SMILES string of the molecule is CC1(C)c2ccccc2-c2ccc(N(c3ccc4c(c3)C(c3ccccc3)(c3ccccc3)c3ccccc3-4)c3ccc4c5c(cccc35)-c3ccc(N(c5ccccc5)c5ccccc5)cc3O4)cc21. The van der Waals surface area contributed by atoms with Gasteiger partial charge in [-0.25, -0.2) is 0 Å². The van der Waals surface area contributed by atoms with Crippen LogP contribution in [0.1, 0.15) is 47.2 Å². The number of hydrogen-bond donors (Lipinski definition) is 0. The van der Waals surface area contributed by atoms with Gasteiger partial charge in [-0.15, -0.1) is 0 Å². The zero-order chi connectivity index (χ0) is 47.3. The van der Waals surface area contributed by atoms with Crippen LogP contribution in [0.2, 0.25) is 0 Å². The first kappa shape index (κ1) is 41.1. The second-order valence-corrected chi connectivity index (χ2v) is 19.6. The number of para-hydroxylation sites is 2. The van der Waals surface area contributed by atoms with Crippen LogP contribution in [0.4, 0.5) is 34.1 Å². The minimum atomic E-state index is -0.551. The first-order valence-corrected chi connectivity index (χ1v) is 24.7. The molecule has 3 aliphatic rings. The van der Waals surface area contributed by atoms with Gasteiger partial charge in [0.1, 0.15) is 11.5 Å². The summed E-state index contributed by atoms with van der Waals surface area (Å²) >= 11 is 0. The van der Waals surface area contributed by atoms with Crippen LogP contribution in [0.25, 0.3) is 44.2 Å². The third-order valence-electron chi connectivity index (χ3n) is 15.5. The van der Waals surface area contributed by atoms with Gasteiger partial charge >= 0.3 is 0 Å². The molecule has 14 rings (SSSR count). The van der Waals surface area contributed by atoms with E-state index >= 15 is 0 Å². The molecular formula is C68H48N2O. The van der Waals surface area contributed by atoms with E-state index in [0.29, 0.717) is 0 Å². The molecule has 336 valence electrons. The maximum atomic E-state index is 7.06. The molecule has 71 heavy (non-hydrogen) atoms. The van der Waals surface area contributed by atoms with Crippen molar-refractivity contribution in [1.82, 2.24) is 0 Å². The minimum absolute atomic E-state index is 0.185. The van der Waals surface area contributed by atoms with E-state index in [-0.39, 0.29) is 5.41 Å². The minimum Gasteiger partial charge on any atom is -0.456 e. The fraction of sp³-hybridized carbons (Fsp3) is 0.0588. The summed E-state index contributed by atoms with van der Waals surface area (Å²) in [7, 11) is 0. The van der Waals surface area contributed by atoms with E-state index < -0.39 is 5.41 Å². The van der Waals surface area contributed by atoms with Crippen molar-refractivity contribution < 1.29 is 4.74 Å². The van der Waals surface area contributed by atoms with Gasteiger partial charge in [0.25, 0.3) is 0 Å². The van der Waals surface area contributed by atoms with Gasteiger partial charge in [-0.1, -0.05) is 190 Å². The monoisotopic (exact) mass is 908 g/mol. The standard InChI is InChI=1S/C68H48N2O/c1-67(2)59-32-17-15-28-52(59)54-37-34-49(42-61(54)67)70(50-35-38-55-53-29-16-18-33-60(53)68(62(55)43-50,45-20-7-3-8-21-45)46-22-9-4-10-23-46)63-40-41-64-66-57(30-19-31-58(63)66)56-39-36-51(44-65(56)71-64)69(47-24-11-5-12-25-47)48-26-13-6-14-27-48/h3-44H,1-2H3. The summed E-state index contributed by atoms with van der Waals surface area (Å²) in [5.74, 6) is 1.68. The van der Waals surface area contributed by atoms with Crippen LogP contribution < -0.4 is 14.5 Å². The molecule has 0 saturated carbocycles. The zero-order valence-corrected chi connectivity index (χ0v) is 39.6. The highest BCUT2D eigenvalue weighted by molar-refractivity contribution is 6.11. The van der Waals surface area contributed by atoms with Crippen molar-refractivity contribution in [3.05, 3.63) is 288 Å². The van der Waals surface area contributed by atoms with Gasteiger partial charge in [-0.2, -0.15) is 0 Å². The molecule has 3 nitrogen and oxygen atoms in total. The highest BCUT2D eigenvalue weighted by atomic mass is 16.5. The number of benzene rings is 11. The van der Waals surface area contributed by atoms with Gasteiger partial charge in [-0.3, -0.25) is 0 Å². The molecule has 2 aliphatic carbocycles. The smallest absolute Gasteiger partial charge is 0.137 e. The van der Waals surface area contributed by atoms with Crippen LogP contribution in [0.3, 0.4) is 0 Å². The predicted octanol–water partition coefficient (Wildman–Crippen LogP) is 18.2. The van der Waals surface area contributed by atoms with E-state index in [9.17, 15) is 0 Å². The molecule has 0 bridgehead atoms. The van der Waals surface area contributed by atoms with Gasteiger partial charge in [-0.05, 0) is 134 Å². The van der Waals surface area contributed by atoms with Crippen LogP contribution in [0.5, 0.6) is 11.5 Å². The lowest BCUT2D eigenvalue weighted by Gasteiger charge is -2.35. The Hall–Kier alpha value is -8.92. The summed E-state index contributed by atoms with van der Waals surface area (Å²) in [6.45, 7) is 4.74. The van der Waals surface area contributed by atoms with E-state index in [1.54, 1.807) is 0 Å². The molecule has 0 amide bonds.